The van der Waals surface area contributed by atoms with Gasteiger partial charge in [0.2, 0.25) is 0 Å². The topological polar surface area (TPSA) is 51.1 Å². The number of amidine groups is 1. The number of amides is 1. The number of morpholine rings is 1. The Morgan fingerprint density at radius 1 is 1.26 bits per heavy atom. The van der Waals surface area contributed by atoms with Gasteiger partial charge in [-0.1, -0.05) is 34.6 Å². The molecule has 0 unspecified atom stereocenters. The maximum absolute atomic E-state index is 11.5. The van der Waals surface area contributed by atoms with Gasteiger partial charge in [0, 0.05) is 18.5 Å². The van der Waals surface area contributed by atoms with E-state index in [1.54, 1.807) is 6.92 Å². The van der Waals surface area contributed by atoms with Crippen LogP contribution in [0.3, 0.4) is 0 Å². The number of ether oxygens (including phenoxy) is 2. The van der Waals surface area contributed by atoms with Gasteiger partial charge in [0.1, 0.15) is 5.84 Å². The van der Waals surface area contributed by atoms with E-state index in [1.807, 2.05) is 34.6 Å². The van der Waals surface area contributed by atoms with Gasteiger partial charge in [0.25, 0.3) is 0 Å². The summed E-state index contributed by atoms with van der Waals surface area (Å²) in [6, 6.07) is 0. The molecule has 0 aromatic heterocycles. The molecular formula is C14H28N2O3. The third-order valence-corrected chi connectivity index (χ3v) is 2.45. The Hall–Kier alpha value is -1.10. The van der Waals surface area contributed by atoms with E-state index in [0.29, 0.717) is 19.8 Å². The summed E-state index contributed by atoms with van der Waals surface area (Å²) in [5.74, 6) is 0.777. The first-order chi connectivity index (χ1) is 8.95. The van der Waals surface area contributed by atoms with Gasteiger partial charge in [0.05, 0.1) is 19.8 Å². The summed E-state index contributed by atoms with van der Waals surface area (Å²) in [4.78, 5) is 17.7. The fourth-order valence-corrected chi connectivity index (χ4v) is 1.73. The van der Waals surface area contributed by atoms with E-state index in [2.05, 4.69) is 9.89 Å². The molecule has 19 heavy (non-hydrogen) atoms. The highest BCUT2D eigenvalue weighted by atomic mass is 16.5. The predicted molar refractivity (Wildman–Crippen MR) is 77.7 cm³/mol. The van der Waals surface area contributed by atoms with Crippen molar-refractivity contribution in [1.82, 2.24) is 4.90 Å². The third kappa shape index (κ3) is 6.57. The van der Waals surface area contributed by atoms with E-state index in [4.69, 9.17) is 9.47 Å². The van der Waals surface area contributed by atoms with Crippen LogP contribution in [0.5, 0.6) is 0 Å². The van der Waals surface area contributed by atoms with Crippen molar-refractivity contribution in [3.05, 3.63) is 0 Å². The molecule has 1 amide bonds. The maximum Gasteiger partial charge on any atom is 0.435 e. The summed E-state index contributed by atoms with van der Waals surface area (Å²) in [7, 11) is 0. The molecule has 0 spiro atoms. The Labute approximate surface area is 117 Å². The number of nitrogens with zero attached hydrogens (tertiary/aromatic N) is 2. The van der Waals surface area contributed by atoms with Crippen LogP contribution in [-0.2, 0) is 9.47 Å². The highest BCUT2D eigenvalue weighted by Gasteiger charge is 2.27. The molecule has 1 aliphatic rings. The first-order valence-electron chi connectivity index (χ1n) is 7.03. The molecule has 0 saturated carbocycles. The van der Waals surface area contributed by atoms with E-state index in [1.165, 1.54) is 0 Å². The number of hydrogen-bond acceptors (Lipinski definition) is 3. The van der Waals surface area contributed by atoms with Crippen molar-refractivity contribution in [2.24, 2.45) is 10.4 Å². The van der Waals surface area contributed by atoms with Crippen molar-refractivity contribution in [2.45, 2.75) is 41.5 Å². The molecule has 0 aromatic carbocycles. The predicted octanol–water partition coefficient (Wildman–Crippen LogP) is 2.95. The Kier molecular flexibility index (Phi) is 8.39. The third-order valence-electron chi connectivity index (χ3n) is 2.45. The van der Waals surface area contributed by atoms with Gasteiger partial charge in [-0.05, 0) is 6.92 Å². The fraction of sp³-hybridized carbons (Fsp3) is 0.857. The van der Waals surface area contributed by atoms with Crippen molar-refractivity contribution in [1.29, 1.82) is 0 Å². The standard InChI is InChI=1S/C12H22N2O3.C2H6/c1-5-17-11(15)13-10(12(2,3)4)14-6-8-16-9-7-14;1-2/h5-9H2,1-4H3;1-2H3/b13-10-;. The van der Waals surface area contributed by atoms with E-state index in [-0.39, 0.29) is 5.41 Å². The zero-order valence-corrected chi connectivity index (χ0v) is 13.2. The van der Waals surface area contributed by atoms with Gasteiger partial charge < -0.3 is 14.4 Å². The molecule has 0 radical (unpaired) electrons. The maximum atomic E-state index is 11.5. The van der Waals surface area contributed by atoms with Crippen molar-refractivity contribution in [3.8, 4) is 0 Å². The molecule has 5 nitrogen and oxygen atoms in total. The Morgan fingerprint density at radius 2 is 1.79 bits per heavy atom. The Bertz CT molecular complexity index is 290. The quantitative estimate of drug-likeness (QED) is 0.544. The molecule has 0 N–H and O–H groups in total. The van der Waals surface area contributed by atoms with Gasteiger partial charge in [-0.3, -0.25) is 0 Å². The van der Waals surface area contributed by atoms with Crippen molar-refractivity contribution < 1.29 is 14.3 Å². The number of rotatable bonds is 1. The number of aliphatic imine (C=N–C) groups is 1. The zero-order valence-electron chi connectivity index (χ0n) is 13.2. The van der Waals surface area contributed by atoms with Crippen LogP contribution in [-0.4, -0.2) is 49.7 Å². The van der Waals surface area contributed by atoms with Gasteiger partial charge in [-0.25, -0.2) is 4.79 Å². The minimum absolute atomic E-state index is 0.176. The molecule has 1 saturated heterocycles. The van der Waals surface area contributed by atoms with Crippen LogP contribution in [0.1, 0.15) is 41.5 Å². The SMILES string of the molecule is CC.CCOC(=O)/N=C(\N1CCOCC1)C(C)(C)C. The van der Waals surface area contributed by atoms with E-state index < -0.39 is 6.09 Å². The van der Waals surface area contributed by atoms with Crippen LogP contribution in [0, 0.1) is 5.41 Å². The summed E-state index contributed by atoms with van der Waals surface area (Å²) < 4.78 is 10.2. The average Bonchev–Trinajstić information content (AvgIpc) is 2.38. The average molecular weight is 272 g/mol. The first kappa shape index (κ1) is 17.9. The number of hydrogen-bond donors (Lipinski definition) is 0. The summed E-state index contributed by atoms with van der Waals surface area (Å²) >= 11 is 0. The van der Waals surface area contributed by atoms with E-state index in [9.17, 15) is 4.79 Å². The summed E-state index contributed by atoms with van der Waals surface area (Å²) in [6.45, 7) is 15.2. The largest absolute Gasteiger partial charge is 0.448 e. The van der Waals surface area contributed by atoms with Gasteiger partial charge in [-0.2, -0.15) is 4.99 Å². The molecule has 1 heterocycles. The lowest BCUT2D eigenvalue weighted by Crippen LogP contribution is -2.46. The highest BCUT2D eigenvalue weighted by Crippen LogP contribution is 2.20. The number of carbonyl (C=O) groups excluding carboxylic acids is 1. The van der Waals surface area contributed by atoms with Gasteiger partial charge in [-0.15, -0.1) is 0 Å². The molecule has 0 atom stereocenters. The van der Waals surface area contributed by atoms with Crippen molar-refractivity contribution in [2.75, 3.05) is 32.9 Å². The highest BCUT2D eigenvalue weighted by molar-refractivity contribution is 5.95. The molecule has 1 aliphatic heterocycles. The van der Waals surface area contributed by atoms with Crippen LogP contribution >= 0.6 is 0 Å². The van der Waals surface area contributed by atoms with Crippen LogP contribution < -0.4 is 0 Å². The molecule has 112 valence electrons. The Balaban J connectivity index is 0.00000154. The molecule has 0 aliphatic carbocycles. The van der Waals surface area contributed by atoms with E-state index >= 15 is 0 Å². The van der Waals surface area contributed by atoms with Gasteiger partial charge >= 0.3 is 6.09 Å². The fourth-order valence-electron chi connectivity index (χ4n) is 1.73. The van der Waals surface area contributed by atoms with Gasteiger partial charge in [0.15, 0.2) is 0 Å². The van der Waals surface area contributed by atoms with Crippen molar-refractivity contribution in [3.63, 3.8) is 0 Å². The monoisotopic (exact) mass is 272 g/mol. The lowest BCUT2D eigenvalue weighted by molar-refractivity contribution is 0.0642. The second-order valence-electron chi connectivity index (χ2n) is 4.98. The molecule has 0 bridgehead atoms. The second kappa shape index (κ2) is 8.91. The van der Waals surface area contributed by atoms with Crippen molar-refractivity contribution >= 4 is 11.9 Å². The van der Waals surface area contributed by atoms with Crippen LogP contribution in [0.25, 0.3) is 0 Å². The summed E-state index contributed by atoms with van der Waals surface area (Å²) in [5.41, 5.74) is -0.176. The van der Waals surface area contributed by atoms with Crippen LogP contribution in [0.2, 0.25) is 0 Å². The molecule has 1 fully saturated rings. The second-order valence-corrected chi connectivity index (χ2v) is 4.98. The molecule has 5 heteroatoms. The normalized spacial score (nSPS) is 16.5. The zero-order chi connectivity index (χ0) is 14.9. The minimum atomic E-state index is -0.510. The molecule has 1 rings (SSSR count). The summed E-state index contributed by atoms with van der Waals surface area (Å²) in [6.07, 6.45) is -0.510. The minimum Gasteiger partial charge on any atom is -0.448 e. The van der Waals surface area contributed by atoms with Crippen LogP contribution in [0.4, 0.5) is 4.79 Å². The lowest BCUT2D eigenvalue weighted by atomic mass is 9.93. The van der Waals surface area contributed by atoms with Crippen LogP contribution in [0.15, 0.2) is 4.99 Å². The Morgan fingerprint density at radius 3 is 2.21 bits per heavy atom. The smallest absolute Gasteiger partial charge is 0.435 e. The molecular weight excluding hydrogens is 244 g/mol. The first-order valence-corrected chi connectivity index (χ1v) is 7.03. The van der Waals surface area contributed by atoms with E-state index in [0.717, 1.165) is 18.9 Å². The lowest BCUT2D eigenvalue weighted by Gasteiger charge is -2.35. The summed E-state index contributed by atoms with van der Waals surface area (Å²) in [5, 5.41) is 0. The molecule has 0 aromatic rings. The number of carbonyl (C=O) groups is 1.